The second-order valence-electron chi connectivity index (χ2n) is 6.08. The van der Waals surface area contributed by atoms with Crippen LogP contribution >= 0.6 is 11.8 Å². The van der Waals surface area contributed by atoms with Crippen LogP contribution in [0.5, 0.6) is 0 Å². The number of nitrogens with one attached hydrogen (secondary N) is 2. The molecule has 1 aliphatic heterocycles. The van der Waals surface area contributed by atoms with Gasteiger partial charge in [0.15, 0.2) is 0 Å². The van der Waals surface area contributed by atoms with E-state index >= 15 is 0 Å². The highest BCUT2D eigenvalue weighted by Crippen LogP contribution is 2.27. The van der Waals surface area contributed by atoms with E-state index in [2.05, 4.69) is 10.7 Å². The second kappa shape index (κ2) is 7.61. The molecule has 134 valence electrons. The number of hydrogen-bond donors (Lipinski definition) is 2. The highest BCUT2D eigenvalue weighted by molar-refractivity contribution is 7.99. The molecule has 4 amide bonds. The monoisotopic (exact) mass is 369 g/mol. The third-order valence-corrected chi connectivity index (χ3v) is 5.13. The van der Waals surface area contributed by atoms with E-state index in [4.69, 9.17) is 0 Å². The van der Waals surface area contributed by atoms with Crippen molar-refractivity contribution in [1.29, 1.82) is 0 Å². The topological polar surface area (TPSA) is 78.5 Å². The predicted molar refractivity (Wildman–Crippen MR) is 99.9 cm³/mol. The summed E-state index contributed by atoms with van der Waals surface area (Å²) in [4.78, 5) is 37.0. The van der Waals surface area contributed by atoms with Crippen LogP contribution in [0, 0.1) is 0 Å². The van der Waals surface area contributed by atoms with Gasteiger partial charge >= 0.3 is 6.03 Å². The summed E-state index contributed by atoms with van der Waals surface area (Å²) in [5.74, 6) is -0.0775. The number of rotatable bonds is 6. The number of nitrogens with zero attached hydrogens (tertiary/aromatic N) is 1. The van der Waals surface area contributed by atoms with Crippen molar-refractivity contribution in [2.75, 3.05) is 5.75 Å². The molecule has 1 saturated heterocycles. The Labute approximate surface area is 155 Å². The molecule has 0 saturated carbocycles. The normalized spacial score (nSPS) is 19.3. The van der Waals surface area contributed by atoms with Gasteiger partial charge in [0.25, 0.3) is 5.91 Å². The molecule has 2 aromatic rings. The fourth-order valence-corrected chi connectivity index (χ4v) is 3.48. The van der Waals surface area contributed by atoms with Crippen molar-refractivity contribution in [3.8, 4) is 0 Å². The first-order chi connectivity index (χ1) is 12.5. The Kier molecular flexibility index (Phi) is 5.27. The van der Waals surface area contributed by atoms with Crippen molar-refractivity contribution in [2.45, 2.75) is 18.2 Å². The maximum atomic E-state index is 12.7. The van der Waals surface area contributed by atoms with Gasteiger partial charge in [-0.2, -0.15) is 5.01 Å². The van der Waals surface area contributed by atoms with Gasteiger partial charge in [-0.05, 0) is 18.1 Å². The number of amides is 4. The molecule has 26 heavy (non-hydrogen) atoms. The lowest BCUT2D eigenvalue weighted by molar-refractivity contribution is -0.138. The van der Waals surface area contributed by atoms with Crippen molar-refractivity contribution < 1.29 is 14.4 Å². The molecular weight excluding hydrogens is 350 g/mol. The molecule has 0 radical (unpaired) electrons. The third kappa shape index (κ3) is 3.72. The molecule has 0 aliphatic carbocycles. The van der Waals surface area contributed by atoms with Crippen LogP contribution < -0.4 is 10.7 Å². The summed E-state index contributed by atoms with van der Waals surface area (Å²) in [5, 5.41) is 3.41. The zero-order valence-electron chi connectivity index (χ0n) is 14.3. The van der Waals surface area contributed by atoms with Crippen LogP contribution in [0.1, 0.15) is 18.1 Å². The van der Waals surface area contributed by atoms with Crippen LogP contribution in [-0.4, -0.2) is 28.6 Å². The Hall–Kier alpha value is -2.80. The average molecular weight is 369 g/mol. The van der Waals surface area contributed by atoms with E-state index in [1.165, 1.54) is 11.8 Å². The fourth-order valence-electron chi connectivity index (χ4n) is 2.70. The minimum atomic E-state index is -1.19. The number of hydrazine groups is 1. The number of imide groups is 1. The van der Waals surface area contributed by atoms with Crippen molar-refractivity contribution in [3.63, 3.8) is 0 Å². The number of carbonyl (C=O) groups is 3. The molecule has 3 rings (SSSR count). The largest absolute Gasteiger partial charge is 0.344 e. The molecular formula is C19H19N3O3S. The van der Waals surface area contributed by atoms with Crippen LogP contribution in [0.15, 0.2) is 60.7 Å². The maximum Gasteiger partial charge on any atom is 0.344 e. The van der Waals surface area contributed by atoms with Gasteiger partial charge in [-0.1, -0.05) is 60.7 Å². The number of urea groups is 1. The van der Waals surface area contributed by atoms with Gasteiger partial charge in [-0.3, -0.25) is 15.0 Å². The van der Waals surface area contributed by atoms with Crippen LogP contribution in [0.25, 0.3) is 0 Å². The quantitative estimate of drug-likeness (QED) is 0.767. The van der Waals surface area contributed by atoms with E-state index in [-0.39, 0.29) is 5.75 Å². The third-order valence-electron chi connectivity index (χ3n) is 4.12. The van der Waals surface area contributed by atoms with Gasteiger partial charge in [0.1, 0.15) is 5.54 Å². The number of carbonyl (C=O) groups excluding carboxylic acids is 3. The molecule has 1 fully saturated rings. The number of hydrogen-bond acceptors (Lipinski definition) is 4. The summed E-state index contributed by atoms with van der Waals surface area (Å²) in [6.45, 7) is 1.62. The first kappa shape index (κ1) is 18.0. The Morgan fingerprint density at radius 1 is 1.08 bits per heavy atom. The molecule has 2 N–H and O–H groups in total. The van der Waals surface area contributed by atoms with Gasteiger partial charge in [0, 0.05) is 5.75 Å². The van der Waals surface area contributed by atoms with E-state index in [0.717, 1.165) is 10.6 Å². The maximum absolute atomic E-state index is 12.7. The lowest BCUT2D eigenvalue weighted by atomic mass is 9.92. The average Bonchev–Trinajstić information content (AvgIpc) is 2.87. The van der Waals surface area contributed by atoms with Gasteiger partial charge < -0.3 is 5.32 Å². The highest BCUT2D eigenvalue weighted by Gasteiger charge is 2.49. The van der Waals surface area contributed by atoms with Gasteiger partial charge in [-0.15, -0.1) is 11.8 Å². The smallest absolute Gasteiger partial charge is 0.318 e. The van der Waals surface area contributed by atoms with E-state index in [1.807, 2.05) is 36.4 Å². The van der Waals surface area contributed by atoms with Crippen molar-refractivity contribution >= 4 is 29.6 Å². The van der Waals surface area contributed by atoms with Crippen LogP contribution in [0.3, 0.4) is 0 Å². The zero-order valence-corrected chi connectivity index (χ0v) is 15.1. The van der Waals surface area contributed by atoms with Gasteiger partial charge in [-0.25, -0.2) is 4.79 Å². The van der Waals surface area contributed by atoms with E-state index < -0.39 is 23.4 Å². The summed E-state index contributed by atoms with van der Waals surface area (Å²) in [7, 11) is 0. The minimum Gasteiger partial charge on any atom is -0.318 e. The van der Waals surface area contributed by atoms with E-state index in [1.54, 1.807) is 31.2 Å². The molecule has 0 aromatic heterocycles. The molecule has 0 spiro atoms. The summed E-state index contributed by atoms with van der Waals surface area (Å²) in [6, 6.07) is 18.1. The van der Waals surface area contributed by atoms with Crippen molar-refractivity contribution in [2.24, 2.45) is 0 Å². The minimum absolute atomic E-state index is 0.147. The number of thioether (sulfide) groups is 1. The number of benzene rings is 2. The zero-order chi connectivity index (χ0) is 18.6. The lowest BCUT2D eigenvalue weighted by Gasteiger charge is -2.22. The molecule has 6 nitrogen and oxygen atoms in total. The van der Waals surface area contributed by atoms with Gasteiger partial charge in [0.2, 0.25) is 5.91 Å². The summed E-state index contributed by atoms with van der Waals surface area (Å²) in [5.41, 5.74) is 2.98. The van der Waals surface area contributed by atoms with Crippen molar-refractivity contribution in [3.05, 3.63) is 71.8 Å². The van der Waals surface area contributed by atoms with Crippen molar-refractivity contribution in [1.82, 2.24) is 15.8 Å². The fraction of sp³-hybridized carbons (Fsp3) is 0.211. The molecule has 1 atom stereocenters. The molecule has 1 aliphatic rings. The summed E-state index contributed by atoms with van der Waals surface area (Å²) >= 11 is 1.41. The molecule has 0 unspecified atom stereocenters. The highest BCUT2D eigenvalue weighted by atomic mass is 32.2. The Morgan fingerprint density at radius 2 is 1.69 bits per heavy atom. The Morgan fingerprint density at radius 3 is 2.35 bits per heavy atom. The molecule has 7 heteroatoms. The van der Waals surface area contributed by atoms with Gasteiger partial charge in [0.05, 0.1) is 5.75 Å². The van der Waals surface area contributed by atoms with Crippen LogP contribution in [0.2, 0.25) is 0 Å². The lowest BCUT2D eigenvalue weighted by Crippen LogP contribution is -2.48. The summed E-state index contributed by atoms with van der Waals surface area (Å²) < 4.78 is 0. The SMILES string of the molecule is C[C@]1(c2ccccc2)NC(=O)N(NC(=O)CSCc2ccccc2)C1=O. The molecule has 0 bridgehead atoms. The van der Waals surface area contributed by atoms with Crippen LogP contribution in [-0.2, 0) is 20.9 Å². The first-order valence-electron chi connectivity index (χ1n) is 8.14. The standard InChI is InChI=1S/C19H19N3O3S/c1-19(15-10-6-3-7-11-15)17(24)22(18(25)20-19)21-16(23)13-26-12-14-8-4-2-5-9-14/h2-11H,12-13H2,1H3,(H,20,25)(H,21,23)/t19-/m1/s1. The Bertz CT molecular complexity index is 813. The first-order valence-corrected chi connectivity index (χ1v) is 9.29. The molecule has 1 heterocycles. The van der Waals surface area contributed by atoms with Crippen LogP contribution in [0.4, 0.5) is 4.79 Å². The summed E-state index contributed by atoms with van der Waals surface area (Å²) in [6.07, 6.45) is 0. The second-order valence-corrected chi connectivity index (χ2v) is 7.06. The Balaban J connectivity index is 1.58. The van der Waals surface area contributed by atoms with E-state index in [0.29, 0.717) is 11.3 Å². The molecule has 2 aromatic carbocycles. The predicted octanol–water partition coefficient (Wildman–Crippen LogP) is 2.42. The van der Waals surface area contributed by atoms with E-state index in [9.17, 15) is 14.4 Å².